The zero-order valence-electron chi connectivity index (χ0n) is 13.4. The Kier molecular flexibility index (Phi) is 4.69. The number of benzene rings is 1. The summed E-state index contributed by atoms with van der Waals surface area (Å²) in [6.45, 7) is 11.2. The van der Waals surface area contributed by atoms with Crippen LogP contribution in [0.25, 0.3) is 0 Å². The minimum Gasteiger partial charge on any atom is -0.481 e. The molecule has 0 bridgehead atoms. The second-order valence-electron chi connectivity index (χ2n) is 6.22. The maximum Gasteiger partial charge on any atom is 0.305 e. The van der Waals surface area contributed by atoms with Gasteiger partial charge < -0.3 is 9.84 Å². The van der Waals surface area contributed by atoms with Gasteiger partial charge in [0.15, 0.2) is 0 Å². The molecule has 1 aliphatic heterocycles. The normalized spacial score (nSPS) is 19.2. The molecule has 0 radical (unpaired) electrons. The first kappa shape index (κ1) is 16.0. The third-order valence-corrected chi connectivity index (χ3v) is 4.42. The van der Waals surface area contributed by atoms with E-state index in [1.807, 2.05) is 0 Å². The van der Waals surface area contributed by atoms with Gasteiger partial charge in [-0.15, -0.1) is 0 Å². The summed E-state index contributed by atoms with van der Waals surface area (Å²) in [6.07, 6.45) is 0.109. The van der Waals surface area contributed by atoms with E-state index in [1.165, 1.54) is 16.7 Å². The van der Waals surface area contributed by atoms with Gasteiger partial charge in [0, 0.05) is 13.1 Å². The lowest BCUT2D eigenvalue weighted by Crippen LogP contribution is -2.51. The lowest BCUT2D eigenvalue weighted by Gasteiger charge is -2.44. The monoisotopic (exact) mass is 291 g/mol. The van der Waals surface area contributed by atoms with Crippen LogP contribution in [0.15, 0.2) is 12.1 Å². The number of carbonyl (C=O) groups is 1. The van der Waals surface area contributed by atoms with Gasteiger partial charge in [0.1, 0.15) is 0 Å². The molecule has 21 heavy (non-hydrogen) atoms. The molecule has 1 saturated heterocycles. The van der Waals surface area contributed by atoms with Crippen molar-refractivity contribution in [1.82, 2.24) is 4.90 Å². The number of aryl methyl sites for hydroxylation is 3. The largest absolute Gasteiger partial charge is 0.481 e. The molecule has 0 amide bonds. The fourth-order valence-corrected chi connectivity index (χ4v) is 3.74. The first-order valence-electron chi connectivity index (χ1n) is 7.47. The average Bonchev–Trinajstić information content (AvgIpc) is 2.37. The molecule has 0 aromatic heterocycles. The zero-order chi connectivity index (χ0) is 15.6. The zero-order valence-corrected chi connectivity index (χ0v) is 13.4. The Morgan fingerprint density at radius 1 is 1.24 bits per heavy atom. The molecule has 1 fully saturated rings. The maximum atomic E-state index is 11.5. The average molecular weight is 291 g/mol. The first-order chi connectivity index (χ1) is 9.84. The smallest absolute Gasteiger partial charge is 0.305 e. The summed E-state index contributed by atoms with van der Waals surface area (Å²) in [5, 5.41) is 9.42. The van der Waals surface area contributed by atoms with Gasteiger partial charge >= 0.3 is 5.97 Å². The molecule has 1 aromatic rings. The van der Waals surface area contributed by atoms with Crippen LogP contribution in [0.4, 0.5) is 0 Å². The lowest BCUT2D eigenvalue weighted by molar-refractivity contribution is -0.141. The van der Waals surface area contributed by atoms with Gasteiger partial charge in [0.25, 0.3) is 0 Å². The van der Waals surface area contributed by atoms with Crippen LogP contribution >= 0.6 is 0 Å². The standard InChI is InChI=1S/C17H25NO3/c1-12-9-13(2)16(14(3)10-12)17(4,11-15(19)20)18-5-7-21-8-6-18/h9-10H,5-8,11H2,1-4H3,(H,19,20). The van der Waals surface area contributed by atoms with E-state index in [1.54, 1.807) is 0 Å². The molecule has 0 spiro atoms. The molecule has 0 aliphatic carbocycles. The first-order valence-corrected chi connectivity index (χ1v) is 7.47. The number of rotatable bonds is 4. The van der Waals surface area contributed by atoms with Crippen LogP contribution in [-0.2, 0) is 15.1 Å². The summed E-state index contributed by atoms with van der Waals surface area (Å²) in [6, 6.07) is 4.28. The van der Waals surface area contributed by atoms with Crippen LogP contribution in [-0.4, -0.2) is 42.3 Å². The fraction of sp³-hybridized carbons (Fsp3) is 0.588. The highest BCUT2D eigenvalue weighted by Gasteiger charge is 2.38. The van der Waals surface area contributed by atoms with E-state index < -0.39 is 11.5 Å². The number of carboxylic acids is 1. The van der Waals surface area contributed by atoms with E-state index in [-0.39, 0.29) is 6.42 Å². The van der Waals surface area contributed by atoms with Crippen LogP contribution in [0, 0.1) is 20.8 Å². The number of hydrogen-bond donors (Lipinski definition) is 1. The Labute approximate surface area is 126 Å². The Morgan fingerprint density at radius 2 is 1.76 bits per heavy atom. The minimum atomic E-state index is -0.761. The second-order valence-corrected chi connectivity index (χ2v) is 6.22. The number of ether oxygens (including phenoxy) is 1. The summed E-state index contributed by atoms with van der Waals surface area (Å²) < 4.78 is 5.43. The molecule has 116 valence electrons. The molecule has 2 rings (SSSR count). The predicted molar refractivity (Wildman–Crippen MR) is 82.6 cm³/mol. The van der Waals surface area contributed by atoms with E-state index in [0.29, 0.717) is 13.2 Å². The molecule has 1 unspecified atom stereocenters. The summed E-state index contributed by atoms with van der Waals surface area (Å²) in [5.74, 6) is -0.761. The van der Waals surface area contributed by atoms with Crippen molar-refractivity contribution in [2.75, 3.05) is 26.3 Å². The number of hydrogen-bond acceptors (Lipinski definition) is 3. The second kappa shape index (κ2) is 6.16. The van der Waals surface area contributed by atoms with Gasteiger partial charge in [0.2, 0.25) is 0 Å². The van der Waals surface area contributed by atoms with Crippen molar-refractivity contribution in [2.45, 2.75) is 39.7 Å². The molecular weight excluding hydrogens is 266 g/mol. The van der Waals surface area contributed by atoms with Crippen molar-refractivity contribution >= 4 is 5.97 Å². The SMILES string of the molecule is Cc1cc(C)c(C(C)(CC(=O)O)N2CCOCC2)c(C)c1. The summed E-state index contributed by atoms with van der Waals surface area (Å²) in [5.41, 5.74) is 4.22. The minimum absolute atomic E-state index is 0.109. The van der Waals surface area contributed by atoms with Crippen LogP contribution in [0.5, 0.6) is 0 Å². The highest BCUT2D eigenvalue weighted by atomic mass is 16.5. The van der Waals surface area contributed by atoms with Crippen molar-refractivity contribution in [3.05, 3.63) is 34.4 Å². The molecule has 0 saturated carbocycles. The Balaban J connectivity index is 2.51. The van der Waals surface area contributed by atoms with Crippen molar-refractivity contribution in [2.24, 2.45) is 0 Å². The Bertz CT molecular complexity index is 512. The predicted octanol–water partition coefficient (Wildman–Crippen LogP) is 2.63. The number of morpholine rings is 1. The molecule has 1 aromatic carbocycles. The van der Waals surface area contributed by atoms with Crippen LogP contribution in [0.2, 0.25) is 0 Å². The van der Waals surface area contributed by atoms with E-state index in [2.05, 4.69) is 44.7 Å². The van der Waals surface area contributed by atoms with Crippen molar-refractivity contribution < 1.29 is 14.6 Å². The summed E-state index contributed by atoms with van der Waals surface area (Å²) in [7, 11) is 0. The van der Waals surface area contributed by atoms with Gasteiger partial charge in [0.05, 0.1) is 25.2 Å². The molecule has 1 heterocycles. The maximum absolute atomic E-state index is 11.5. The van der Waals surface area contributed by atoms with Gasteiger partial charge in [-0.3, -0.25) is 9.69 Å². The lowest BCUT2D eigenvalue weighted by atomic mass is 9.80. The van der Waals surface area contributed by atoms with E-state index in [9.17, 15) is 9.90 Å². The third-order valence-electron chi connectivity index (χ3n) is 4.42. The summed E-state index contributed by atoms with van der Waals surface area (Å²) in [4.78, 5) is 13.7. The number of aliphatic carboxylic acids is 1. The number of nitrogens with zero attached hydrogens (tertiary/aromatic N) is 1. The highest BCUT2D eigenvalue weighted by Crippen LogP contribution is 2.37. The van der Waals surface area contributed by atoms with Crippen LogP contribution < -0.4 is 0 Å². The molecule has 1 aliphatic rings. The molecular formula is C17H25NO3. The van der Waals surface area contributed by atoms with Crippen molar-refractivity contribution in [3.8, 4) is 0 Å². The molecule has 4 nitrogen and oxygen atoms in total. The van der Waals surface area contributed by atoms with Crippen LogP contribution in [0.3, 0.4) is 0 Å². The van der Waals surface area contributed by atoms with Crippen molar-refractivity contribution in [3.63, 3.8) is 0 Å². The molecule has 1 N–H and O–H groups in total. The Morgan fingerprint density at radius 3 is 2.24 bits per heavy atom. The van der Waals surface area contributed by atoms with Gasteiger partial charge in [-0.1, -0.05) is 17.7 Å². The van der Waals surface area contributed by atoms with Gasteiger partial charge in [-0.05, 0) is 44.4 Å². The molecule has 1 atom stereocenters. The quantitative estimate of drug-likeness (QED) is 0.926. The topological polar surface area (TPSA) is 49.8 Å². The van der Waals surface area contributed by atoms with Gasteiger partial charge in [-0.2, -0.15) is 0 Å². The van der Waals surface area contributed by atoms with Crippen molar-refractivity contribution in [1.29, 1.82) is 0 Å². The van der Waals surface area contributed by atoms with Crippen LogP contribution in [0.1, 0.15) is 35.6 Å². The number of carboxylic acid groups (broad SMARTS) is 1. The Hall–Kier alpha value is -1.39. The fourth-order valence-electron chi connectivity index (χ4n) is 3.74. The molecule has 4 heteroatoms. The third kappa shape index (κ3) is 3.27. The van der Waals surface area contributed by atoms with E-state index >= 15 is 0 Å². The van der Waals surface area contributed by atoms with Gasteiger partial charge in [-0.25, -0.2) is 0 Å². The highest BCUT2D eigenvalue weighted by molar-refractivity contribution is 5.69. The van der Waals surface area contributed by atoms with E-state index in [0.717, 1.165) is 18.7 Å². The summed E-state index contributed by atoms with van der Waals surface area (Å²) >= 11 is 0. The van der Waals surface area contributed by atoms with E-state index in [4.69, 9.17) is 4.74 Å².